The Morgan fingerprint density at radius 1 is 1.48 bits per heavy atom. The first-order valence-corrected chi connectivity index (χ1v) is 8.10. The van der Waals surface area contributed by atoms with Gasteiger partial charge in [-0.1, -0.05) is 0 Å². The predicted octanol–water partition coefficient (Wildman–Crippen LogP) is 0.404. The third-order valence-corrected chi connectivity index (χ3v) is 4.19. The zero-order valence-electron chi connectivity index (χ0n) is 14.7. The van der Waals surface area contributed by atoms with Gasteiger partial charge in [0.25, 0.3) is 0 Å². The van der Waals surface area contributed by atoms with Crippen LogP contribution in [0, 0.1) is 5.41 Å². The lowest BCUT2D eigenvalue weighted by atomic mass is 9.76. The SMILES string of the molecule is CCOC(=O)[C@@]1(CCC(=O)OC)C[C@](C)(/C(C)=N\NC(N)=S)OC1=O. The molecule has 1 heterocycles. The molecule has 10 heteroatoms. The second-order valence-electron chi connectivity index (χ2n) is 5.85. The van der Waals surface area contributed by atoms with Crippen molar-refractivity contribution in [2.75, 3.05) is 13.7 Å². The summed E-state index contributed by atoms with van der Waals surface area (Å²) in [6.45, 7) is 4.95. The minimum Gasteiger partial charge on any atom is -0.469 e. The molecule has 2 atom stereocenters. The number of carbonyl (C=O) groups excluding carboxylic acids is 3. The number of esters is 3. The molecule has 25 heavy (non-hydrogen) atoms. The molecule has 0 spiro atoms. The lowest BCUT2D eigenvalue weighted by Gasteiger charge is -2.25. The molecule has 0 aromatic heterocycles. The summed E-state index contributed by atoms with van der Waals surface area (Å²) in [7, 11) is 1.23. The van der Waals surface area contributed by atoms with E-state index >= 15 is 0 Å². The van der Waals surface area contributed by atoms with Crippen LogP contribution < -0.4 is 11.2 Å². The fraction of sp³-hybridized carbons (Fsp3) is 0.667. The summed E-state index contributed by atoms with van der Waals surface area (Å²) in [5.41, 5.74) is 5.35. The number of nitrogens with one attached hydrogen (secondary N) is 1. The van der Waals surface area contributed by atoms with Crippen molar-refractivity contribution in [3.63, 3.8) is 0 Å². The van der Waals surface area contributed by atoms with Crippen molar-refractivity contribution in [2.24, 2.45) is 16.3 Å². The Morgan fingerprint density at radius 3 is 2.64 bits per heavy atom. The fourth-order valence-corrected chi connectivity index (χ4v) is 2.63. The van der Waals surface area contributed by atoms with E-state index in [0.29, 0.717) is 5.71 Å². The molecule has 0 unspecified atom stereocenters. The van der Waals surface area contributed by atoms with Crippen LogP contribution >= 0.6 is 12.2 Å². The van der Waals surface area contributed by atoms with E-state index in [2.05, 4.69) is 27.5 Å². The quantitative estimate of drug-likeness (QED) is 0.163. The summed E-state index contributed by atoms with van der Waals surface area (Å²) in [6.07, 6.45) is -0.228. The molecular weight excluding hydrogens is 350 g/mol. The van der Waals surface area contributed by atoms with Crippen LogP contribution in [0.1, 0.15) is 40.0 Å². The molecule has 0 radical (unpaired) electrons. The Labute approximate surface area is 151 Å². The molecule has 0 amide bonds. The average molecular weight is 373 g/mol. The van der Waals surface area contributed by atoms with E-state index in [4.69, 9.17) is 15.2 Å². The second-order valence-corrected chi connectivity index (χ2v) is 6.29. The molecular formula is C15H23N3O6S. The first-order chi connectivity index (χ1) is 11.6. The van der Waals surface area contributed by atoms with Gasteiger partial charge in [-0.05, 0) is 39.4 Å². The summed E-state index contributed by atoms with van der Waals surface area (Å²) in [6, 6.07) is 0. The van der Waals surface area contributed by atoms with E-state index in [1.54, 1.807) is 20.8 Å². The molecule has 9 nitrogen and oxygen atoms in total. The van der Waals surface area contributed by atoms with Gasteiger partial charge in [-0.2, -0.15) is 5.10 Å². The van der Waals surface area contributed by atoms with Crippen LogP contribution in [-0.4, -0.2) is 48.0 Å². The fourth-order valence-electron chi connectivity index (χ4n) is 2.58. The number of nitrogens with zero attached hydrogens (tertiary/aromatic N) is 1. The zero-order chi connectivity index (χ0) is 19.3. The van der Waals surface area contributed by atoms with Crippen molar-refractivity contribution >= 4 is 40.9 Å². The second kappa shape index (κ2) is 8.24. The van der Waals surface area contributed by atoms with Crippen molar-refractivity contribution in [1.29, 1.82) is 0 Å². The summed E-state index contributed by atoms with van der Waals surface area (Å²) in [5.74, 6) is -2.03. The highest BCUT2D eigenvalue weighted by atomic mass is 32.1. The predicted molar refractivity (Wildman–Crippen MR) is 92.5 cm³/mol. The number of ether oxygens (including phenoxy) is 3. The minimum absolute atomic E-state index is 0.0248. The van der Waals surface area contributed by atoms with Gasteiger partial charge in [0.05, 0.1) is 19.4 Å². The summed E-state index contributed by atoms with van der Waals surface area (Å²) < 4.78 is 15.1. The van der Waals surface area contributed by atoms with Gasteiger partial charge in [0.2, 0.25) is 0 Å². The van der Waals surface area contributed by atoms with Crippen LogP contribution in [0.15, 0.2) is 5.10 Å². The molecule has 0 saturated carbocycles. The van der Waals surface area contributed by atoms with Gasteiger partial charge in [-0.3, -0.25) is 19.8 Å². The minimum atomic E-state index is -1.60. The van der Waals surface area contributed by atoms with Gasteiger partial charge >= 0.3 is 17.9 Å². The van der Waals surface area contributed by atoms with Crippen molar-refractivity contribution in [3.8, 4) is 0 Å². The van der Waals surface area contributed by atoms with E-state index in [9.17, 15) is 14.4 Å². The van der Waals surface area contributed by atoms with Crippen LogP contribution in [-0.2, 0) is 28.6 Å². The van der Waals surface area contributed by atoms with E-state index in [1.165, 1.54) is 7.11 Å². The number of thiocarbonyl (C=S) groups is 1. The van der Waals surface area contributed by atoms with Crippen molar-refractivity contribution in [1.82, 2.24) is 5.43 Å². The first kappa shape index (κ1) is 20.8. The summed E-state index contributed by atoms with van der Waals surface area (Å²) in [5, 5.41) is 3.93. The highest BCUT2D eigenvalue weighted by molar-refractivity contribution is 7.80. The Morgan fingerprint density at radius 2 is 2.12 bits per heavy atom. The number of hydrazone groups is 1. The van der Waals surface area contributed by atoms with E-state index in [0.717, 1.165) is 0 Å². The number of methoxy groups -OCH3 is 1. The van der Waals surface area contributed by atoms with Gasteiger partial charge in [0.15, 0.2) is 16.1 Å². The molecule has 1 fully saturated rings. The lowest BCUT2D eigenvalue weighted by Crippen LogP contribution is -2.40. The van der Waals surface area contributed by atoms with Gasteiger partial charge in [0.1, 0.15) is 0 Å². The van der Waals surface area contributed by atoms with E-state index in [-0.39, 0.29) is 31.0 Å². The maximum Gasteiger partial charge on any atom is 0.324 e. The maximum atomic E-state index is 12.6. The standard InChI is InChI=1S/C15H23N3O6S/c1-5-23-11(20)15(7-6-10(19)22-4)8-14(3,24-12(15)21)9(2)17-18-13(16)25/h5-8H2,1-4H3,(H3,16,18,25)/b17-9-/t14-,15-/m1/s1. The van der Waals surface area contributed by atoms with Crippen molar-refractivity contribution in [3.05, 3.63) is 0 Å². The number of carbonyl (C=O) groups is 3. The number of hydrogen-bond donors (Lipinski definition) is 2. The van der Waals surface area contributed by atoms with E-state index in [1.807, 2.05) is 0 Å². The number of nitrogens with two attached hydrogens (primary N) is 1. The van der Waals surface area contributed by atoms with Crippen LogP contribution in [0.2, 0.25) is 0 Å². The van der Waals surface area contributed by atoms with Crippen LogP contribution in [0.4, 0.5) is 0 Å². The Bertz CT molecular complexity index is 608. The summed E-state index contributed by atoms with van der Waals surface area (Å²) >= 11 is 4.68. The smallest absolute Gasteiger partial charge is 0.324 e. The Kier molecular flexibility index (Phi) is 6.86. The summed E-state index contributed by atoms with van der Waals surface area (Å²) in [4.78, 5) is 36.5. The molecule has 140 valence electrons. The number of rotatable bonds is 7. The Hall–Kier alpha value is -2.23. The van der Waals surface area contributed by atoms with Gasteiger partial charge in [0, 0.05) is 12.8 Å². The third kappa shape index (κ3) is 4.65. The largest absolute Gasteiger partial charge is 0.469 e. The van der Waals surface area contributed by atoms with Gasteiger partial charge in [-0.25, -0.2) is 0 Å². The van der Waals surface area contributed by atoms with Crippen molar-refractivity contribution < 1.29 is 28.6 Å². The van der Waals surface area contributed by atoms with Gasteiger partial charge < -0.3 is 19.9 Å². The topological polar surface area (TPSA) is 129 Å². The number of hydrogen-bond acceptors (Lipinski definition) is 8. The Balaban J connectivity index is 3.14. The first-order valence-electron chi connectivity index (χ1n) is 7.69. The van der Waals surface area contributed by atoms with Crippen LogP contribution in [0.25, 0.3) is 0 Å². The lowest BCUT2D eigenvalue weighted by molar-refractivity contribution is -0.166. The molecule has 1 rings (SSSR count). The average Bonchev–Trinajstić information content (AvgIpc) is 2.83. The van der Waals surface area contributed by atoms with Gasteiger partial charge in [-0.15, -0.1) is 0 Å². The van der Waals surface area contributed by atoms with Crippen LogP contribution in [0.5, 0.6) is 0 Å². The molecule has 0 aromatic carbocycles. The molecule has 0 aromatic rings. The highest BCUT2D eigenvalue weighted by Gasteiger charge is 2.61. The highest BCUT2D eigenvalue weighted by Crippen LogP contribution is 2.45. The molecule has 1 aliphatic rings. The zero-order valence-corrected chi connectivity index (χ0v) is 15.5. The van der Waals surface area contributed by atoms with Crippen molar-refractivity contribution in [2.45, 2.75) is 45.6 Å². The molecule has 3 N–H and O–H groups in total. The van der Waals surface area contributed by atoms with E-state index < -0.39 is 28.9 Å². The van der Waals surface area contributed by atoms with Crippen LogP contribution in [0.3, 0.4) is 0 Å². The molecule has 0 aliphatic carbocycles. The normalized spacial score (nSPS) is 25.9. The maximum absolute atomic E-state index is 12.6. The number of cyclic esters (lactones) is 1. The third-order valence-electron chi connectivity index (χ3n) is 4.10. The molecule has 0 bridgehead atoms. The molecule has 1 aliphatic heterocycles. The molecule has 1 saturated heterocycles. The monoisotopic (exact) mass is 373 g/mol.